The van der Waals surface area contributed by atoms with E-state index in [0.29, 0.717) is 0 Å². The van der Waals surface area contributed by atoms with E-state index in [9.17, 15) is 19.8 Å². The minimum absolute atomic E-state index is 0. The van der Waals surface area contributed by atoms with E-state index in [4.69, 9.17) is 23.7 Å². The zero-order chi connectivity index (χ0) is 16.5. The Morgan fingerprint density at radius 3 is 1.26 bits per heavy atom. The number of aromatic carboxylic acids is 2. The Labute approximate surface area is 158 Å². The van der Waals surface area contributed by atoms with E-state index >= 15 is 0 Å². The van der Waals surface area contributed by atoms with Crippen LogP contribution in [0.15, 0.2) is 48.5 Å². The van der Waals surface area contributed by atoms with Crippen LogP contribution in [0.5, 0.6) is 11.5 Å². The largest absolute Gasteiger partial charge is 2.00 e. The van der Waals surface area contributed by atoms with Crippen LogP contribution >= 0.6 is 23.7 Å². The molecule has 0 radical (unpaired) electrons. The van der Waals surface area contributed by atoms with E-state index in [-0.39, 0.29) is 45.7 Å². The standard InChI is InChI=1S/2C7H5ClO3.Mg/c2*8-11-6-4-2-1-3-5(6)7(9)10;/h2*1-4H,(H,9,10);/q;;+2/p-2. The van der Waals surface area contributed by atoms with Crippen molar-refractivity contribution in [3.63, 3.8) is 0 Å². The number of para-hydroxylation sites is 2. The third-order valence-electron chi connectivity index (χ3n) is 2.38. The molecule has 116 valence electrons. The van der Waals surface area contributed by atoms with Crippen LogP contribution in [0.4, 0.5) is 0 Å². The molecule has 0 atom stereocenters. The molecule has 0 N–H and O–H groups in total. The van der Waals surface area contributed by atoms with Crippen molar-refractivity contribution >= 4 is 58.7 Å². The number of benzene rings is 2. The maximum absolute atomic E-state index is 10.3. The number of carboxylic acids is 2. The molecule has 0 heterocycles. The Hall–Kier alpha value is -1.67. The van der Waals surface area contributed by atoms with Gasteiger partial charge in [0.15, 0.2) is 11.5 Å². The Kier molecular flexibility index (Phi) is 10.2. The predicted molar refractivity (Wildman–Crippen MR) is 80.3 cm³/mol. The van der Waals surface area contributed by atoms with Gasteiger partial charge in [-0.2, -0.15) is 0 Å². The topological polar surface area (TPSA) is 98.7 Å². The van der Waals surface area contributed by atoms with Gasteiger partial charge < -0.3 is 28.4 Å². The fourth-order valence-corrected chi connectivity index (χ4v) is 1.67. The first-order valence-corrected chi connectivity index (χ1v) is 6.31. The summed E-state index contributed by atoms with van der Waals surface area (Å²) in [6.07, 6.45) is 0. The molecule has 0 unspecified atom stereocenters. The number of carboxylic acid groups (broad SMARTS) is 2. The van der Waals surface area contributed by atoms with E-state index in [1.165, 1.54) is 24.3 Å². The average molecular weight is 367 g/mol. The third kappa shape index (κ3) is 6.53. The fraction of sp³-hybridized carbons (Fsp3) is 0. The molecule has 0 spiro atoms. The first kappa shape index (κ1) is 21.3. The molecule has 0 bridgehead atoms. The molecule has 0 aliphatic carbocycles. The summed E-state index contributed by atoms with van der Waals surface area (Å²) in [6, 6.07) is 11.9. The number of carbonyl (C=O) groups excluding carboxylic acids is 2. The predicted octanol–water partition coefficient (Wildman–Crippen LogP) is 0.785. The zero-order valence-corrected chi connectivity index (χ0v) is 14.5. The van der Waals surface area contributed by atoms with Crippen molar-refractivity contribution in [1.82, 2.24) is 0 Å². The Bertz CT molecular complexity index is 608. The molecule has 2 aromatic carbocycles. The SMILES string of the molecule is O=C([O-])c1ccccc1OCl.O=C([O-])c1ccccc1OCl.[Mg+2]. The molecule has 9 heteroatoms. The third-order valence-corrected chi connectivity index (χ3v) is 2.71. The zero-order valence-electron chi connectivity index (χ0n) is 11.5. The smallest absolute Gasteiger partial charge is 0.545 e. The van der Waals surface area contributed by atoms with Crippen LogP contribution in [0, 0.1) is 0 Å². The van der Waals surface area contributed by atoms with Crippen LogP contribution in [0.1, 0.15) is 20.7 Å². The summed E-state index contributed by atoms with van der Waals surface area (Å²) < 4.78 is 8.52. The van der Waals surface area contributed by atoms with Crippen LogP contribution in [-0.2, 0) is 0 Å². The first-order valence-electron chi connectivity index (χ1n) is 5.69. The molecule has 0 aromatic heterocycles. The molecule has 6 nitrogen and oxygen atoms in total. The summed E-state index contributed by atoms with van der Waals surface area (Å²) in [5, 5.41) is 20.7. The number of halogens is 2. The second kappa shape index (κ2) is 11.0. The normalized spacial score (nSPS) is 8.78. The number of carbonyl (C=O) groups is 2. The molecule has 0 aliphatic rings. The molecule has 2 aromatic rings. The Balaban J connectivity index is 0.000000403. The van der Waals surface area contributed by atoms with Gasteiger partial charge in [0.25, 0.3) is 0 Å². The van der Waals surface area contributed by atoms with E-state index in [1.54, 1.807) is 24.3 Å². The molecule has 23 heavy (non-hydrogen) atoms. The van der Waals surface area contributed by atoms with Crippen LogP contribution in [0.25, 0.3) is 0 Å². The second-order valence-electron chi connectivity index (χ2n) is 3.72. The van der Waals surface area contributed by atoms with Gasteiger partial charge in [0.05, 0.1) is 11.9 Å². The van der Waals surface area contributed by atoms with Gasteiger partial charge >= 0.3 is 23.1 Å². The van der Waals surface area contributed by atoms with E-state index in [0.717, 1.165) is 0 Å². The van der Waals surface area contributed by atoms with Gasteiger partial charge in [-0.25, -0.2) is 0 Å². The minimum Gasteiger partial charge on any atom is -0.545 e. The fourth-order valence-electron chi connectivity index (χ4n) is 1.41. The Morgan fingerprint density at radius 2 is 1.04 bits per heavy atom. The number of rotatable bonds is 4. The van der Waals surface area contributed by atoms with Gasteiger partial charge in [0.2, 0.25) is 0 Å². The second-order valence-corrected chi connectivity index (χ2v) is 4.03. The summed E-state index contributed by atoms with van der Waals surface area (Å²) >= 11 is 9.97. The van der Waals surface area contributed by atoms with Crippen LogP contribution in [-0.4, -0.2) is 35.0 Å². The van der Waals surface area contributed by atoms with Gasteiger partial charge in [-0.3, -0.25) is 0 Å². The molecule has 2 rings (SSSR count). The summed E-state index contributed by atoms with van der Waals surface area (Å²) in [5.41, 5.74) is -0.106. The molecule has 0 saturated heterocycles. The molecule has 0 fully saturated rings. The molecule has 0 saturated carbocycles. The van der Waals surface area contributed by atoms with Gasteiger partial charge in [-0.05, 0) is 24.3 Å². The minimum atomic E-state index is -1.30. The van der Waals surface area contributed by atoms with Crippen LogP contribution in [0.3, 0.4) is 0 Å². The van der Waals surface area contributed by atoms with Crippen LogP contribution < -0.4 is 18.8 Å². The number of hydrogen-bond donors (Lipinski definition) is 0. The summed E-state index contributed by atoms with van der Waals surface area (Å²) in [6.45, 7) is 0. The van der Waals surface area contributed by atoms with Crippen molar-refractivity contribution in [2.45, 2.75) is 0 Å². The summed E-state index contributed by atoms with van der Waals surface area (Å²) in [4.78, 5) is 20.7. The van der Waals surface area contributed by atoms with Crippen molar-refractivity contribution in [3.05, 3.63) is 59.7 Å². The van der Waals surface area contributed by atoms with Gasteiger partial charge in [-0.15, -0.1) is 0 Å². The quantitative estimate of drug-likeness (QED) is 0.741. The van der Waals surface area contributed by atoms with Gasteiger partial charge in [-0.1, -0.05) is 24.3 Å². The van der Waals surface area contributed by atoms with Gasteiger partial charge in [0.1, 0.15) is 23.7 Å². The molecule has 0 aliphatic heterocycles. The van der Waals surface area contributed by atoms with Crippen molar-refractivity contribution in [2.24, 2.45) is 0 Å². The van der Waals surface area contributed by atoms with Crippen LogP contribution in [0.2, 0.25) is 0 Å². The maximum Gasteiger partial charge on any atom is 2.00 e. The number of hydrogen-bond acceptors (Lipinski definition) is 6. The van der Waals surface area contributed by atoms with Crippen molar-refractivity contribution in [3.8, 4) is 11.5 Å². The molecule has 0 amide bonds. The molecular weight excluding hydrogens is 359 g/mol. The van der Waals surface area contributed by atoms with Crippen molar-refractivity contribution in [2.75, 3.05) is 0 Å². The monoisotopic (exact) mass is 366 g/mol. The first-order chi connectivity index (χ1) is 10.5. The summed E-state index contributed by atoms with van der Waals surface area (Å²) in [5.74, 6) is -2.43. The van der Waals surface area contributed by atoms with E-state index in [1.807, 2.05) is 0 Å². The maximum atomic E-state index is 10.3. The van der Waals surface area contributed by atoms with Crippen molar-refractivity contribution in [1.29, 1.82) is 0 Å². The Morgan fingerprint density at radius 1 is 0.739 bits per heavy atom. The molecular formula is C14H8Cl2MgO6. The van der Waals surface area contributed by atoms with E-state index < -0.39 is 11.9 Å². The summed E-state index contributed by atoms with van der Waals surface area (Å²) in [7, 11) is 0. The van der Waals surface area contributed by atoms with Crippen molar-refractivity contribution < 1.29 is 28.4 Å². The van der Waals surface area contributed by atoms with E-state index in [2.05, 4.69) is 8.58 Å². The van der Waals surface area contributed by atoms with Gasteiger partial charge in [0, 0.05) is 11.1 Å². The average Bonchev–Trinajstić information content (AvgIpc) is 2.55.